The quantitative estimate of drug-likeness (QED) is 0.729. The van der Waals surface area contributed by atoms with Gasteiger partial charge in [0.25, 0.3) is 5.91 Å². The first-order valence-corrected chi connectivity index (χ1v) is 9.52. The summed E-state index contributed by atoms with van der Waals surface area (Å²) in [4.78, 5) is 28.2. The molecule has 1 unspecified atom stereocenters. The number of halogens is 1. The van der Waals surface area contributed by atoms with E-state index in [-0.39, 0.29) is 24.5 Å². The van der Waals surface area contributed by atoms with Gasteiger partial charge in [-0.05, 0) is 63.4 Å². The molecule has 1 aromatic carbocycles. The summed E-state index contributed by atoms with van der Waals surface area (Å²) in [6, 6.07) is 6.81. The van der Waals surface area contributed by atoms with Crippen LogP contribution in [-0.2, 0) is 4.79 Å². The van der Waals surface area contributed by atoms with Crippen LogP contribution in [0.1, 0.15) is 59.6 Å². The van der Waals surface area contributed by atoms with Gasteiger partial charge in [0.15, 0.2) is 0 Å². The lowest BCUT2D eigenvalue weighted by Gasteiger charge is -2.19. The highest BCUT2D eigenvalue weighted by atomic mass is 19.1. The van der Waals surface area contributed by atoms with Gasteiger partial charge in [-0.2, -0.15) is 0 Å². The molecule has 2 aromatic rings. The Morgan fingerprint density at radius 1 is 1.10 bits per heavy atom. The van der Waals surface area contributed by atoms with Gasteiger partial charge in [-0.15, -0.1) is 0 Å². The lowest BCUT2D eigenvalue weighted by atomic mass is 10.0. The number of hydrogen-bond acceptors (Lipinski definition) is 4. The number of rotatable bonds is 7. The van der Waals surface area contributed by atoms with Gasteiger partial charge in [0.1, 0.15) is 24.3 Å². The zero-order valence-corrected chi connectivity index (χ0v) is 17.7. The van der Waals surface area contributed by atoms with Gasteiger partial charge in [-0.25, -0.2) is 9.37 Å². The first-order chi connectivity index (χ1) is 13.6. The van der Waals surface area contributed by atoms with E-state index in [2.05, 4.69) is 15.6 Å². The van der Waals surface area contributed by atoms with E-state index in [1.807, 2.05) is 32.9 Å². The number of pyridine rings is 1. The van der Waals surface area contributed by atoms with Crippen LogP contribution < -0.4 is 15.4 Å². The lowest BCUT2D eigenvalue weighted by molar-refractivity contribution is -0.114. The average Bonchev–Trinajstić information content (AvgIpc) is 2.59. The van der Waals surface area contributed by atoms with Gasteiger partial charge in [-0.1, -0.05) is 12.1 Å². The van der Waals surface area contributed by atoms with E-state index in [4.69, 9.17) is 4.74 Å². The van der Waals surface area contributed by atoms with Crippen LogP contribution in [-0.4, -0.2) is 29.6 Å². The van der Waals surface area contributed by atoms with E-state index in [9.17, 15) is 14.0 Å². The molecule has 156 valence electrons. The molecule has 29 heavy (non-hydrogen) atoms. The Kier molecular flexibility index (Phi) is 7.31. The minimum absolute atomic E-state index is 0.00530. The third-order valence-electron chi connectivity index (χ3n) is 4.31. The van der Waals surface area contributed by atoms with Crippen LogP contribution in [0.15, 0.2) is 24.3 Å². The van der Waals surface area contributed by atoms with Crippen LogP contribution in [0, 0.1) is 20.8 Å². The number of nitrogens with zero attached hydrogens (tertiary/aromatic N) is 1. The molecule has 0 radical (unpaired) electrons. The van der Waals surface area contributed by atoms with Crippen molar-refractivity contribution in [3.05, 3.63) is 52.2 Å². The number of alkyl halides is 1. The molecule has 2 amide bonds. The molecule has 0 saturated heterocycles. The van der Waals surface area contributed by atoms with Crippen LogP contribution in [0.4, 0.5) is 10.2 Å². The second-order valence-electron chi connectivity index (χ2n) is 7.33. The summed E-state index contributed by atoms with van der Waals surface area (Å²) < 4.78 is 18.7. The van der Waals surface area contributed by atoms with Gasteiger partial charge in [0.2, 0.25) is 5.91 Å². The molecule has 0 saturated carbocycles. The molecule has 2 rings (SSSR count). The maximum Gasteiger partial charge on any atom is 0.251 e. The molecule has 0 aliphatic rings. The minimum Gasteiger partial charge on any atom is -0.490 e. The third-order valence-corrected chi connectivity index (χ3v) is 4.31. The fourth-order valence-electron chi connectivity index (χ4n) is 3.07. The number of ether oxygens (including phenoxy) is 1. The third kappa shape index (κ3) is 6.27. The summed E-state index contributed by atoms with van der Waals surface area (Å²) in [5.74, 6) is 0.488. The summed E-state index contributed by atoms with van der Waals surface area (Å²) in [7, 11) is 0. The minimum atomic E-state index is -1.04. The van der Waals surface area contributed by atoms with Gasteiger partial charge >= 0.3 is 0 Å². The number of carbonyl (C=O) groups excluding carboxylic acids is 2. The van der Waals surface area contributed by atoms with Gasteiger partial charge in [-0.3, -0.25) is 9.59 Å². The summed E-state index contributed by atoms with van der Waals surface area (Å²) in [5.41, 5.74) is 3.73. The van der Waals surface area contributed by atoms with Crippen LogP contribution in [0.2, 0.25) is 0 Å². The van der Waals surface area contributed by atoms with Crippen molar-refractivity contribution in [2.75, 3.05) is 11.9 Å². The van der Waals surface area contributed by atoms with Crippen molar-refractivity contribution in [3.8, 4) is 5.75 Å². The molecule has 0 fully saturated rings. The normalized spacial score (nSPS) is 12.8. The molecule has 1 heterocycles. The van der Waals surface area contributed by atoms with Crippen molar-refractivity contribution in [2.24, 2.45) is 0 Å². The van der Waals surface area contributed by atoms with E-state index in [0.29, 0.717) is 22.8 Å². The van der Waals surface area contributed by atoms with Crippen LogP contribution >= 0.6 is 0 Å². The SMILES string of the molecule is CC(=O)Nc1cc(C(=O)NC(C)c2cc(C)c(OC[C@@H](C)F)c(C)c2)cc(C)n1. The Balaban J connectivity index is 2.17. The van der Waals surface area contributed by atoms with E-state index in [0.717, 1.165) is 16.7 Å². The van der Waals surface area contributed by atoms with Gasteiger partial charge in [0.05, 0.1) is 6.04 Å². The molecule has 2 N–H and O–H groups in total. The molecular formula is C22H28FN3O3. The van der Waals surface area contributed by atoms with Crippen LogP contribution in [0.3, 0.4) is 0 Å². The second kappa shape index (κ2) is 9.49. The number of aryl methyl sites for hydroxylation is 3. The number of benzene rings is 1. The summed E-state index contributed by atoms with van der Waals surface area (Å²) in [6.07, 6.45) is -1.04. The average molecular weight is 401 g/mol. The van der Waals surface area contributed by atoms with E-state index in [1.54, 1.807) is 19.1 Å². The summed E-state index contributed by atoms with van der Waals surface area (Å²) >= 11 is 0. The van der Waals surface area contributed by atoms with Crippen molar-refractivity contribution in [1.82, 2.24) is 10.3 Å². The van der Waals surface area contributed by atoms with Crippen molar-refractivity contribution in [2.45, 2.75) is 53.8 Å². The maximum atomic E-state index is 13.1. The molecule has 2 atom stereocenters. The molecule has 1 aromatic heterocycles. The zero-order valence-electron chi connectivity index (χ0n) is 17.7. The predicted octanol–water partition coefficient (Wildman–Crippen LogP) is 4.19. The van der Waals surface area contributed by atoms with Crippen LogP contribution in [0.5, 0.6) is 5.75 Å². The number of hydrogen-bond donors (Lipinski definition) is 2. The highest BCUT2D eigenvalue weighted by Gasteiger charge is 2.16. The smallest absolute Gasteiger partial charge is 0.251 e. The van der Waals surface area contributed by atoms with E-state index < -0.39 is 6.17 Å². The van der Waals surface area contributed by atoms with Crippen molar-refractivity contribution in [3.63, 3.8) is 0 Å². The monoisotopic (exact) mass is 401 g/mol. The number of amides is 2. The van der Waals surface area contributed by atoms with Crippen molar-refractivity contribution < 1.29 is 18.7 Å². The largest absolute Gasteiger partial charge is 0.490 e. The Morgan fingerprint density at radius 3 is 2.28 bits per heavy atom. The maximum absolute atomic E-state index is 13.1. The molecule has 0 bridgehead atoms. The molecule has 0 aliphatic heterocycles. The van der Waals surface area contributed by atoms with Crippen molar-refractivity contribution in [1.29, 1.82) is 0 Å². The Morgan fingerprint density at radius 2 is 1.72 bits per heavy atom. The standard InChI is InChI=1S/C22H28FN3O3/c1-12-7-18(8-13(2)21(12)29-11-14(3)23)16(5)25-22(28)19-9-15(4)24-20(10-19)26-17(6)27/h7-10,14,16H,11H2,1-6H3,(H,25,28)(H,24,26,27)/t14-,16?/m1/s1. The van der Waals surface area contributed by atoms with Gasteiger partial charge in [0, 0.05) is 18.2 Å². The van der Waals surface area contributed by atoms with E-state index >= 15 is 0 Å². The molecule has 0 spiro atoms. The first kappa shape index (κ1) is 22.3. The Hall–Kier alpha value is -2.96. The Labute approximate surface area is 170 Å². The Bertz CT molecular complexity index is 889. The second-order valence-corrected chi connectivity index (χ2v) is 7.33. The summed E-state index contributed by atoms with van der Waals surface area (Å²) in [5, 5.41) is 5.56. The summed E-state index contributed by atoms with van der Waals surface area (Å²) in [6.45, 7) is 10.3. The van der Waals surface area contributed by atoms with E-state index in [1.165, 1.54) is 13.8 Å². The van der Waals surface area contributed by atoms with Crippen LogP contribution in [0.25, 0.3) is 0 Å². The molecular weight excluding hydrogens is 373 g/mol. The highest BCUT2D eigenvalue weighted by molar-refractivity contribution is 5.96. The molecule has 6 nitrogen and oxygen atoms in total. The van der Waals surface area contributed by atoms with Crippen molar-refractivity contribution >= 4 is 17.6 Å². The predicted molar refractivity (Wildman–Crippen MR) is 111 cm³/mol. The number of anilines is 1. The van der Waals surface area contributed by atoms with Gasteiger partial charge < -0.3 is 15.4 Å². The molecule has 0 aliphatic carbocycles. The number of aromatic nitrogens is 1. The zero-order chi connectivity index (χ0) is 21.7. The topological polar surface area (TPSA) is 80.3 Å². The highest BCUT2D eigenvalue weighted by Crippen LogP contribution is 2.28. The lowest BCUT2D eigenvalue weighted by Crippen LogP contribution is -2.27. The number of nitrogens with one attached hydrogen (secondary N) is 2. The fourth-order valence-corrected chi connectivity index (χ4v) is 3.07. The molecule has 7 heteroatoms. The fraction of sp³-hybridized carbons (Fsp3) is 0.409. The first-order valence-electron chi connectivity index (χ1n) is 9.52. The number of carbonyl (C=O) groups is 2.